The van der Waals surface area contributed by atoms with E-state index in [0.717, 1.165) is 24.9 Å². The van der Waals surface area contributed by atoms with E-state index in [1.165, 1.54) is 31.4 Å². The summed E-state index contributed by atoms with van der Waals surface area (Å²) < 4.78 is 13.5. The number of carbonyl (C=O) groups excluding carboxylic acids is 3. The maximum atomic E-state index is 13.7. The maximum absolute atomic E-state index is 13.7. The number of hydrogen-bond acceptors (Lipinski definition) is 5. The van der Waals surface area contributed by atoms with Crippen molar-refractivity contribution in [1.29, 1.82) is 0 Å². The first-order valence-electron chi connectivity index (χ1n) is 13.5. The first-order valence-corrected chi connectivity index (χ1v) is 13.5. The molecule has 3 aliphatic rings. The van der Waals surface area contributed by atoms with E-state index in [-0.39, 0.29) is 34.9 Å². The zero-order valence-corrected chi connectivity index (χ0v) is 21.7. The number of likely N-dealkylation sites (tertiary alicyclic amines) is 1. The predicted molar refractivity (Wildman–Crippen MR) is 137 cm³/mol. The molecular weight excluding hydrogens is 459 g/mol. The molecule has 1 aromatic rings. The van der Waals surface area contributed by atoms with Crippen LogP contribution >= 0.6 is 0 Å². The number of piperazine rings is 1. The lowest BCUT2D eigenvalue weighted by Gasteiger charge is -2.47. The Morgan fingerprint density at radius 3 is 2.36 bits per heavy atom. The van der Waals surface area contributed by atoms with E-state index < -0.39 is 6.04 Å². The molecule has 3 fully saturated rings. The maximum Gasteiger partial charge on any atom is 0.245 e. The van der Waals surface area contributed by atoms with Gasteiger partial charge in [-0.3, -0.25) is 14.4 Å². The van der Waals surface area contributed by atoms with E-state index in [0.29, 0.717) is 51.4 Å². The SMILES string of the molecule is CC(=O)C1(C2CCCCC2)CCN(C(=O)C(Cc2ccc(F)cc2)NC(=O)C2CN(C)CCN2)CC1. The molecular formula is C28H41FN4O3. The van der Waals surface area contributed by atoms with Crippen LogP contribution in [0.25, 0.3) is 0 Å². The third-order valence-electron chi connectivity index (χ3n) is 8.72. The van der Waals surface area contributed by atoms with E-state index in [1.54, 1.807) is 19.1 Å². The highest BCUT2D eigenvalue weighted by Crippen LogP contribution is 2.46. The van der Waals surface area contributed by atoms with Crippen LogP contribution in [0.5, 0.6) is 0 Å². The van der Waals surface area contributed by atoms with Crippen molar-refractivity contribution < 1.29 is 18.8 Å². The van der Waals surface area contributed by atoms with E-state index in [4.69, 9.17) is 0 Å². The molecule has 198 valence electrons. The largest absolute Gasteiger partial charge is 0.343 e. The van der Waals surface area contributed by atoms with Crippen LogP contribution in [0.15, 0.2) is 24.3 Å². The number of hydrogen-bond donors (Lipinski definition) is 2. The number of carbonyl (C=O) groups is 3. The van der Waals surface area contributed by atoms with Crippen LogP contribution < -0.4 is 10.6 Å². The lowest BCUT2D eigenvalue weighted by molar-refractivity contribution is -0.144. The Labute approximate surface area is 214 Å². The molecule has 2 aliphatic heterocycles. The second kappa shape index (κ2) is 11.8. The molecule has 7 nitrogen and oxygen atoms in total. The second-order valence-corrected chi connectivity index (χ2v) is 11.0. The molecule has 0 bridgehead atoms. The Hall–Kier alpha value is -2.32. The summed E-state index contributed by atoms with van der Waals surface area (Å²) in [5.41, 5.74) is 0.463. The van der Waals surface area contributed by atoms with Gasteiger partial charge in [0.25, 0.3) is 0 Å². The van der Waals surface area contributed by atoms with Crippen LogP contribution in [0.3, 0.4) is 0 Å². The molecule has 1 aliphatic carbocycles. The number of amides is 2. The fraction of sp³-hybridized carbons (Fsp3) is 0.679. The van der Waals surface area contributed by atoms with Crippen molar-refractivity contribution in [3.8, 4) is 0 Å². The van der Waals surface area contributed by atoms with Gasteiger partial charge in [-0.25, -0.2) is 4.39 Å². The zero-order chi connectivity index (χ0) is 25.7. The van der Waals surface area contributed by atoms with Crippen molar-refractivity contribution in [3.05, 3.63) is 35.6 Å². The van der Waals surface area contributed by atoms with Crippen molar-refractivity contribution in [1.82, 2.24) is 20.4 Å². The van der Waals surface area contributed by atoms with Crippen LogP contribution in [-0.4, -0.2) is 79.3 Å². The van der Waals surface area contributed by atoms with Crippen LogP contribution in [0, 0.1) is 17.2 Å². The Morgan fingerprint density at radius 2 is 1.75 bits per heavy atom. The molecule has 0 radical (unpaired) electrons. The molecule has 2 atom stereocenters. The Kier molecular flexibility index (Phi) is 8.78. The number of piperidine rings is 1. The summed E-state index contributed by atoms with van der Waals surface area (Å²) in [6.45, 7) is 4.93. The van der Waals surface area contributed by atoms with Crippen molar-refractivity contribution in [3.63, 3.8) is 0 Å². The lowest BCUT2D eigenvalue weighted by Crippen LogP contribution is -2.60. The van der Waals surface area contributed by atoms with Gasteiger partial charge in [0.05, 0.1) is 6.04 Å². The molecule has 2 amide bonds. The molecule has 0 spiro atoms. The zero-order valence-electron chi connectivity index (χ0n) is 21.7. The standard InChI is InChI=1S/C28H41FN4O3/c1-20(34)28(22-6-4-3-5-7-22)12-15-33(16-13-28)27(36)24(18-21-8-10-23(29)11-9-21)31-26(35)25-19-32(2)17-14-30-25/h8-11,22,24-25,30H,3-7,12-19H2,1-2H3,(H,31,35). The van der Waals surface area contributed by atoms with Crippen LogP contribution in [0.4, 0.5) is 4.39 Å². The molecule has 36 heavy (non-hydrogen) atoms. The van der Waals surface area contributed by atoms with Crippen molar-refractivity contribution in [2.75, 3.05) is 39.8 Å². The van der Waals surface area contributed by atoms with Gasteiger partial charge in [-0.15, -0.1) is 0 Å². The van der Waals surface area contributed by atoms with Gasteiger partial charge in [0.1, 0.15) is 17.6 Å². The Morgan fingerprint density at radius 1 is 1.08 bits per heavy atom. The number of benzene rings is 1. The van der Waals surface area contributed by atoms with Gasteiger partial charge in [-0.1, -0.05) is 31.4 Å². The van der Waals surface area contributed by atoms with E-state index in [9.17, 15) is 18.8 Å². The fourth-order valence-electron chi connectivity index (χ4n) is 6.45. The lowest BCUT2D eigenvalue weighted by atomic mass is 9.62. The van der Waals surface area contributed by atoms with Gasteiger partial charge in [0.15, 0.2) is 0 Å². The number of rotatable bonds is 7. The average Bonchev–Trinajstić information content (AvgIpc) is 2.89. The summed E-state index contributed by atoms with van der Waals surface area (Å²) in [4.78, 5) is 43.6. The fourth-order valence-corrected chi connectivity index (χ4v) is 6.45. The van der Waals surface area contributed by atoms with Crippen LogP contribution in [0.2, 0.25) is 0 Å². The molecule has 2 unspecified atom stereocenters. The van der Waals surface area contributed by atoms with Gasteiger partial charge in [0.2, 0.25) is 11.8 Å². The molecule has 8 heteroatoms. The number of halogens is 1. The molecule has 4 rings (SSSR count). The van der Waals surface area contributed by atoms with E-state index in [2.05, 4.69) is 15.5 Å². The molecule has 2 N–H and O–H groups in total. The van der Waals surface area contributed by atoms with Gasteiger partial charge in [0, 0.05) is 44.6 Å². The number of nitrogens with one attached hydrogen (secondary N) is 2. The van der Waals surface area contributed by atoms with Gasteiger partial charge in [-0.2, -0.15) is 0 Å². The first kappa shape index (κ1) is 26.7. The van der Waals surface area contributed by atoms with Crippen LogP contribution in [0.1, 0.15) is 57.4 Å². The topological polar surface area (TPSA) is 81.8 Å². The number of ketones is 1. The average molecular weight is 501 g/mol. The quantitative estimate of drug-likeness (QED) is 0.601. The predicted octanol–water partition coefficient (Wildman–Crippen LogP) is 2.53. The highest BCUT2D eigenvalue weighted by Gasteiger charge is 2.46. The molecule has 2 heterocycles. The minimum absolute atomic E-state index is 0.127. The van der Waals surface area contributed by atoms with Crippen molar-refractivity contribution >= 4 is 17.6 Å². The third kappa shape index (κ3) is 6.14. The van der Waals surface area contributed by atoms with Crippen LogP contribution in [-0.2, 0) is 20.8 Å². The summed E-state index contributed by atoms with van der Waals surface area (Å²) in [6.07, 6.45) is 7.46. The smallest absolute Gasteiger partial charge is 0.245 e. The van der Waals surface area contributed by atoms with E-state index in [1.807, 2.05) is 11.9 Å². The molecule has 1 aromatic carbocycles. The van der Waals surface area contributed by atoms with E-state index >= 15 is 0 Å². The third-order valence-corrected chi connectivity index (χ3v) is 8.72. The van der Waals surface area contributed by atoms with Gasteiger partial charge < -0.3 is 20.4 Å². The van der Waals surface area contributed by atoms with Gasteiger partial charge in [-0.05, 0) is 63.3 Å². The minimum Gasteiger partial charge on any atom is -0.343 e. The van der Waals surface area contributed by atoms with Crippen molar-refractivity contribution in [2.45, 2.75) is 70.4 Å². The number of likely N-dealkylation sites (N-methyl/N-ethyl adjacent to an activating group) is 1. The Bertz CT molecular complexity index is 923. The highest BCUT2D eigenvalue weighted by atomic mass is 19.1. The monoisotopic (exact) mass is 500 g/mol. The summed E-state index contributed by atoms with van der Waals surface area (Å²) in [5, 5.41) is 6.23. The normalized spacial score (nSPS) is 24.2. The van der Waals surface area contributed by atoms with Gasteiger partial charge >= 0.3 is 0 Å². The minimum atomic E-state index is -0.739. The highest BCUT2D eigenvalue weighted by molar-refractivity contribution is 5.90. The van der Waals surface area contributed by atoms with Crippen molar-refractivity contribution in [2.24, 2.45) is 11.3 Å². The molecule has 2 saturated heterocycles. The Balaban J connectivity index is 1.46. The summed E-state index contributed by atoms with van der Waals surface area (Å²) in [6, 6.07) is 4.95. The first-order chi connectivity index (χ1) is 17.3. The summed E-state index contributed by atoms with van der Waals surface area (Å²) >= 11 is 0. The molecule has 1 saturated carbocycles. The second-order valence-electron chi connectivity index (χ2n) is 11.0. The number of nitrogens with zero attached hydrogens (tertiary/aromatic N) is 2. The summed E-state index contributed by atoms with van der Waals surface area (Å²) in [7, 11) is 1.98. The number of Topliss-reactive ketones (excluding diaryl/α,β-unsaturated/α-hetero) is 1. The molecule has 0 aromatic heterocycles. The summed E-state index contributed by atoms with van der Waals surface area (Å²) in [5.74, 6) is 0.00612.